The van der Waals surface area contributed by atoms with E-state index in [1.807, 2.05) is 67.6 Å². The fourth-order valence-electron chi connectivity index (χ4n) is 5.21. The predicted octanol–water partition coefficient (Wildman–Crippen LogP) is 3.59. The zero-order valence-corrected chi connectivity index (χ0v) is 31.4. The molecule has 3 fully saturated rings. The van der Waals surface area contributed by atoms with E-state index in [0.717, 1.165) is 62.9 Å². The van der Waals surface area contributed by atoms with Crippen molar-refractivity contribution in [3.05, 3.63) is 79.2 Å². The first-order chi connectivity index (χ1) is 21.3. The van der Waals surface area contributed by atoms with Crippen LogP contribution in [-0.2, 0) is 32.2 Å². The number of carbonyl (C=O) groups is 3. The van der Waals surface area contributed by atoms with Gasteiger partial charge in [0.05, 0.1) is 5.60 Å². The van der Waals surface area contributed by atoms with Crippen LogP contribution in [0.1, 0.15) is 82.3 Å². The van der Waals surface area contributed by atoms with Crippen LogP contribution < -0.4 is 17.0 Å². The maximum atomic E-state index is 12.0. The second kappa shape index (κ2) is 25.8. The molecule has 0 spiro atoms. The summed E-state index contributed by atoms with van der Waals surface area (Å²) in [6.07, 6.45) is 7.73. The molecular weight excluding hydrogens is 677 g/mol. The van der Waals surface area contributed by atoms with Crippen molar-refractivity contribution in [3.63, 3.8) is 0 Å². The molecule has 3 aliphatic rings. The molecule has 0 unspecified atom stereocenters. The van der Waals surface area contributed by atoms with E-state index in [1.54, 1.807) is 9.80 Å². The Kier molecular flexibility index (Phi) is 24.6. The molecule has 2 aromatic carbocycles. The zero-order chi connectivity index (χ0) is 31.5. The van der Waals surface area contributed by atoms with Crippen LogP contribution in [0.3, 0.4) is 0 Å². The number of hydrogen-bond donors (Lipinski definition) is 1. The van der Waals surface area contributed by atoms with Crippen molar-refractivity contribution in [1.82, 2.24) is 9.80 Å². The van der Waals surface area contributed by atoms with Crippen molar-refractivity contribution in [2.24, 2.45) is 0 Å². The average Bonchev–Trinajstić information content (AvgIpc) is 3.61. The SMILES string of the molecule is C1CCOC1.CC1(O)CCCN(C(=O)OCc2ccccc2)CCC1.O=C1CCCN(C(=O)OCc2ccccc2)CCC1.[Br-].[CH3-].[Mg+2]. The second-order valence-corrected chi connectivity index (χ2v) is 11.8. The first-order valence-electron chi connectivity index (χ1n) is 16.1. The maximum absolute atomic E-state index is 12.0. The van der Waals surface area contributed by atoms with Gasteiger partial charge >= 0.3 is 35.2 Å². The second-order valence-electron chi connectivity index (χ2n) is 11.8. The number of amides is 2. The summed E-state index contributed by atoms with van der Waals surface area (Å²) in [7, 11) is 0. The number of halogens is 1. The predicted molar refractivity (Wildman–Crippen MR) is 181 cm³/mol. The molecule has 3 aliphatic heterocycles. The fraction of sp³-hybridized carbons (Fsp3) is 0.556. The van der Waals surface area contributed by atoms with Crippen molar-refractivity contribution < 1.29 is 50.7 Å². The Balaban J connectivity index is 0.000000741. The van der Waals surface area contributed by atoms with Crippen LogP contribution in [0.4, 0.5) is 9.59 Å². The van der Waals surface area contributed by atoms with E-state index in [-0.39, 0.29) is 59.6 Å². The third-order valence-corrected chi connectivity index (χ3v) is 7.81. The molecule has 47 heavy (non-hydrogen) atoms. The van der Waals surface area contributed by atoms with E-state index >= 15 is 0 Å². The number of nitrogens with zero attached hydrogens (tertiary/aromatic N) is 2. The van der Waals surface area contributed by atoms with E-state index in [9.17, 15) is 19.5 Å². The topological polar surface area (TPSA) is 106 Å². The summed E-state index contributed by atoms with van der Waals surface area (Å²) in [5.74, 6) is 0.303. The van der Waals surface area contributed by atoms with Crippen molar-refractivity contribution in [2.75, 3.05) is 39.4 Å². The van der Waals surface area contributed by atoms with E-state index in [0.29, 0.717) is 58.0 Å². The van der Waals surface area contributed by atoms with Crippen molar-refractivity contribution in [2.45, 2.75) is 89.9 Å². The third kappa shape index (κ3) is 19.4. The molecule has 1 N–H and O–H groups in total. The van der Waals surface area contributed by atoms with Crippen LogP contribution in [0.2, 0.25) is 0 Å². The molecule has 0 radical (unpaired) electrons. The van der Waals surface area contributed by atoms with Gasteiger partial charge in [-0.25, -0.2) is 9.59 Å². The molecule has 0 aromatic heterocycles. The van der Waals surface area contributed by atoms with E-state index in [4.69, 9.17) is 14.2 Å². The third-order valence-electron chi connectivity index (χ3n) is 7.81. The molecule has 3 heterocycles. The Morgan fingerprint density at radius 1 is 0.723 bits per heavy atom. The van der Waals surface area contributed by atoms with Crippen LogP contribution in [-0.4, -0.2) is 101 Å². The number of carbonyl (C=O) groups excluding carboxylic acids is 3. The Morgan fingerprint density at radius 2 is 1.11 bits per heavy atom. The minimum absolute atomic E-state index is 0. The summed E-state index contributed by atoms with van der Waals surface area (Å²) in [5, 5.41) is 10.0. The van der Waals surface area contributed by atoms with Crippen LogP contribution >= 0.6 is 0 Å². The molecule has 3 saturated heterocycles. The molecule has 0 atom stereocenters. The van der Waals surface area contributed by atoms with Gasteiger partial charge in [0.1, 0.15) is 19.0 Å². The average molecular weight is 730 g/mol. The van der Waals surface area contributed by atoms with Gasteiger partial charge in [-0.15, -0.1) is 0 Å². The van der Waals surface area contributed by atoms with Gasteiger partial charge in [-0.05, 0) is 69.4 Å². The summed E-state index contributed by atoms with van der Waals surface area (Å²) < 4.78 is 15.6. The standard InChI is InChI=1S/C16H23NO3.C15H19NO3.C4H8O.CH3.BrH.Mg/c1-16(19)9-5-11-17(12-6-10-16)15(18)20-13-14-7-3-2-4-8-14;17-14-8-4-10-16(11-5-9-14)15(18)19-12-13-6-2-1-3-7-13;1-2-4-5-3-1;;;/h2-4,7-8,19H,5-6,9-13H2,1H3;1-3,6-7H,4-5,8-12H2;1-4H2;1H3;1H;/q;;;-1;;+2/p-1. The fourth-order valence-corrected chi connectivity index (χ4v) is 5.21. The number of ketones is 1. The molecule has 2 aromatic rings. The van der Waals surface area contributed by atoms with Crippen LogP contribution in [0.25, 0.3) is 0 Å². The molecule has 2 amide bonds. The van der Waals surface area contributed by atoms with E-state index in [1.165, 1.54) is 12.8 Å². The molecular formula is C36H53BrMgN2O7. The number of ether oxygens (including phenoxy) is 3. The summed E-state index contributed by atoms with van der Waals surface area (Å²) >= 11 is 0. The number of aliphatic hydroxyl groups is 1. The van der Waals surface area contributed by atoms with Gasteiger partial charge in [-0.2, -0.15) is 0 Å². The van der Waals surface area contributed by atoms with Gasteiger partial charge in [-0.1, -0.05) is 60.7 Å². The quantitative estimate of drug-likeness (QED) is 0.379. The van der Waals surface area contributed by atoms with Gasteiger partial charge in [0.15, 0.2) is 0 Å². The molecule has 0 aliphatic carbocycles. The van der Waals surface area contributed by atoms with Crippen molar-refractivity contribution >= 4 is 41.0 Å². The molecule has 258 valence electrons. The number of hydrogen-bond acceptors (Lipinski definition) is 7. The Hall–Kier alpha value is -2.18. The Morgan fingerprint density at radius 3 is 1.47 bits per heavy atom. The normalized spacial score (nSPS) is 17.4. The molecule has 0 saturated carbocycles. The van der Waals surface area contributed by atoms with Gasteiger partial charge < -0.3 is 53.5 Å². The number of benzene rings is 2. The summed E-state index contributed by atoms with van der Waals surface area (Å²) in [6, 6.07) is 19.3. The smallest absolute Gasteiger partial charge is 1.00 e. The first-order valence-corrected chi connectivity index (χ1v) is 16.1. The number of rotatable bonds is 4. The monoisotopic (exact) mass is 728 g/mol. The largest absolute Gasteiger partial charge is 2.00 e. The molecule has 11 heteroatoms. The van der Waals surface area contributed by atoms with E-state index < -0.39 is 5.60 Å². The molecule has 5 rings (SSSR count). The number of Topliss-reactive ketones (excluding diaryl/α,β-unsaturated/α-hetero) is 1. The van der Waals surface area contributed by atoms with Crippen LogP contribution in [0.15, 0.2) is 60.7 Å². The van der Waals surface area contributed by atoms with Gasteiger partial charge in [0.2, 0.25) is 0 Å². The van der Waals surface area contributed by atoms with Crippen LogP contribution in [0, 0.1) is 7.43 Å². The first kappa shape index (κ1) is 44.8. The minimum Gasteiger partial charge on any atom is -1.00 e. The number of likely N-dealkylation sites (tertiary alicyclic amines) is 2. The van der Waals surface area contributed by atoms with Crippen molar-refractivity contribution in [3.8, 4) is 0 Å². The zero-order valence-electron chi connectivity index (χ0n) is 28.4. The Labute approximate surface area is 308 Å². The van der Waals surface area contributed by atoms with Gasteiger partial charge in [-0.3, -0.25) is 4.79 Å². The Bertz CT molecular complexity index is 1090. The summed E-state index contributed by atoms with van der Waals surface area (Å²) in [6.45, 7) is 7.02. The van der Waals surface area contributed by atoms with E-state index in [2.05, 4.69) is 0 Å². The van der Waals surface area contributed by atoms with Crippen molar-refractivity contribution in [1.29, 1.82) is 0 Å². The summed E-state index contributed by atoms with van der Waals surface area (Å²) in [4.78, 5) is 38.7. The maximum Gasteiger partial charge on any atom is 2.00 e. The minimum atomic E-state index is -0.583. The molecule has 0 bridgehead atoms. The summed E-state index contributed by atoms with van der Waals surface area (Å²) in [5.41, 5.74) is 1.40. The van der Waals surface area contributed by atoms with Crippen LogP contribution in [0.5, 0.6) is 0 Å². The van der Waals surface area contributed by atoms with Gasteiger partial charge in [0, 0.05) is 52.2 Å². The molecule has 9 nitrogen and oxygen atoms in total. The van der Waals surface area contributed by atoms with Gasteiger partial charge in [0.25, 0.3) is 0 Å².